The zero-order valence-electron chi connectivity index (χ0n) is 13.3. The molecule has 0 bridgehead atoms. The molecule has 3 aliphatic rings. The molecule has 0 aromatic carbocycles. The van der Waals surface area contributed by atoms with Gasteiger partial charge in [-0.3, -0.25) is 0 Å². The molecular weight excluding hydrogens is 230 g/mol. The highest BCUT2D eigenvalue weighted by molar-refractivity contribution is 5.30. The lowest BCUT2D eigenvalue weighted by Crippen LogP contribution is -2.67. The molecule has 3 atom stereocenters. The van der Waals surface area contributed by atoms with Gasteiger partial charge in [0.25, 0.3) is 0 Å². The van der Waals surface area contributed by atoms with Crippen molar-refractivity contribution in [1.29, 1.82) is 0 Å². The fourth-order valence-corrected chi connectivity index (χ4v) is 5.27. The molecular formula is C18H32N+. The van der Waals surface area contributed by atoms with E-state index in [1.54, 1.807) is 0 Å². The molecule has 1 heteroatoms. The fraction of sp³-hybridized carbons (Fsp3) is 0.889. The Kier molecular flexibility index (Phi) is 3.53. The van der Waals surface area contributed by atoms with Crippen molar-refractivity contribution in [2.75, 3.05) is 20.1 Å². The summed E-state index contributed by atoms with van der Waals surface area (Å²) in [6.45, 7) is 7.80. The first-order valence-electron chi connectivity index (χ1n) is 8.65. The first-order valence-corrected chi connectivity index (χ1v) is 8.65. The molecule has 0 radical (unpaired) electrons. The van der Waals surface area contributed by atoms with Gasteiger partial charge < -0.3 is 4.48 Å². The maximum absolute atomic E-state index is 2.60. The Bertz CT molecular complexity index is 383. The van der Waals surface area contributed by atoms with E-state index in [1.165, 1.54) is 75.4 Å². The van der Waals surface area contributed by atoms with Crippen molar-refractivity contribution in [1.82, 2.24) is 0 Å². The molecule has 0 saturated carbocycles. The average molecular weight is 262 g/mol. The molecule has 1 saturated heterocycles. The summed E-state index contributed by atoms with van der Waals surface area (Å²) < 4.78 is 1.36. The third-order valence-corrected chi connectivity index (χ3v) is 6.75. The van der Waals surface area contributed by atoms with Crippen molar-refractivity contribution in [3.05, 3.63) is 11.1 Å². The molecule has 2 aliphatic heterocycles. The Labute approximate surface area is 119 Å². The molecule has 0 unspecified atom stereocenters. The van der Waals surface area contributed by atoms with Gasteiger partial charge in [0, 0.05) is 18.8 Å². The molecule has 1 nitrogen and oxygen atoms in total. The zero-order chi connectivity index (χ0) is 13.5. The molecule has 0 aromatic rings. The van der Waals surface area contributed by atoms with Crippen molar-refractivity contribution in [2.45, 2.75) is 77.2 Å². The number of fused-ring (bicyclic) bond motifs is 2. The van der Waals surface area contributed by atoms with Gasteiger partial charge in [-0.15, -0.1) is 0 Å². The van der Waals surface area contributed by atoms with Gasteiger partial charge in [0.1, 0.15) is 5.54 Å². The van der Waals surface area contributed by atoms with Gasteiger partial charge in [-0.25, -0.2) is 0 Å². The number of quaternary nitrogens is 1. The van der Waals surface area contributed by atoms with Gasteiger partial charge in [-0.2, -0.15) is 0 Å². The average Bonchev–Trinajstić information content (AvgIpc) is 2.87. The van der Waals surface area contributed by atoms with Crippen LogP contribution >= 0.6 is 0 Å². The Morgan fingerprint density at radius 1 is 1.26 bits per heavy atom. The van der Waals surface area contributed by atoms with E-state index < -0.39 is 0 Å². The Morgan fingerprint density at radius 3 is 2.89 bits per heavy atom. The van der Waals surface area contributed by atoms with Gasteiger partial charge in [-0.05, 0) is 44.6 Å². The summed E-state index contributed by atoms with van der Waals surface area (Å²) in [5.41, 5.74) is 4.27. The lowest BCUT2D eigenvalue weighted by Gasteiger charge is -2.57. The van der Waals surface area contributed by atoms with Gasteiger partial charge in [-0.1, -0.05) is 25.3 Å². The highest BCUT2D eigenvalue weighted by atomic mass is 15.4. The standard InChI is InChI=1S/C18H32N/c1-4-5-7-15-10-12-18(2)17-9-6-8-16(17)11-13-19(18,3)14-15/h15H,4-14H2,1-3H3/q+1/t15-,18-,19-/m1/s1. The number of nitrogens with zero attached hydrogens (tertiary/aromatic N) is 1. The first-order chi connectivity index (χ1) is 9.09. The molecule has 0 aromatic heterocycles. The van der Waals surface area contributed by atoms with Crippen molar-refractivity contribution in [2.24, 2.45) is 5.92 Å². The van der Waals surface area contributed by atoms with E-state index in [0.717, 1.165) is 5.92 Å². The maximum atomic E-state index is 2.60. The zero-order valence-corrected chi connectivity index (χ0v) is 13.3. The second kappa shape index (κ2) is 4.91. The first kappa shape index (κ1) is 13.7. The monoisotopic (exact) mass is 262 g/mol. The van der Waals surface area contributed by atoms with Crippen LogP contribution in [0.4, 0.5) is 0 Å². The molecule has 19 heavy (non-hydrogen) atoms. The Hall–Kier alpha value is -0.300. The topological polar surface area (TPSA) is 0 Å². The lowest BCUT2D eigenvalue weighted by atomic mass is 9.71. The highest BCUT2D eigenvalue weighted by Crippen LogP contribution is 2.51. The normalized spacial score (nSPS) is 42.2. The summed E-state index contributed by atoms with van der Waals surface area (Å²) >= 11 is 0. The van der Waals surface area contributed by atoms with Crippen LogP contribution in [0.1, 0.15) is 71.6 Å². The summed E-state index contributed by atoms with van der Waals surface area (Å²) in [6.07, 6.45) is 12.9. The summed E-state index contributed by atoms with van der Waals surface area (Å²) in [7, 11) is 2.57. The van der Waals surface area contributed by atoms with Crippen LogP contribution in [0.3, 0.4) is 0 Å². The molecule has 2 heterocycles. The van der Waals surface area contributed by atoms with Crippen LogP contribution in [-0.2, 0) is 0 Å². The minimum absolute atomic E-state index is 0.507. The van der Waals surface area contributed by atoms with E-state index in [4.69, 9.17) is 0 Å². The van der Waals surface area contributed by atoms with E-state index in [-0.39, 0.29) is 0 Å². The predicted octanol–water partition coefficient (Wildman–Crippen LogP) is 4.68. The van der Waals surface area contributed by atoms with Crippen molar-refractivity contribution in [3.8, 4) is 0 Å². The largest absolute Gasteiger partial charge is 0.317 e. The van der Waals surface area contributed by atoms with E-state index in [2.05, 4.69) is 20.9 Å². The van der Waals surface area contributed by atoms with Crippen LogP contribution in [0.15, 0.2) is 11.1 Å². The van der Waals surface area contributed by atoms with Crippen LogP contribution in [0.25, 0.3) is 0 Å². The lowest BCUT2D eigenvalue weighted by molar-refractivity contribution is -0.961. The third-order valence-electron chi connectivity index (χ3n) is 6.75. The summed E-state index contributed by atoms with van der Waals surface area (Å²) in [5.74, 6) is 1.00. The van der Waals surface area contributed by atoms with Crippen LogP contribution in [-0.4, -0.2) is 30.2 Å². The predicted molar refractivity (Wildman–Crippen MR) is 82.1 cm³/mol. The molecule has 108 valence electrons. The van der Waals surface area contributed by atoms with E-state index in [1.807, 2.05) is 11.1 Å². The van der Waals surface area contributed by atoms with Crippen molar-refractivity contribution < 1.29 is 4.48 Å². The summed E-state index contributed by atoms with van der Waals surface area (Å²) in [6, 6.07) is 0. The van der Waals surface area contributed by atoms with Crippen LogP contribution < -0.4 is 0 Å². The highest BCUT2D eigenvalue weighted by Gasteiger charge is 2.54. The fourth-order valence-electron chi connectivity index (χ4n) is 5.27. The Balaban J connectivity index is 1.81. The van der Waals surface area contributed by atoms with Gasteiger partial charge in [0.15, 0.2) is 0 Å². The summed E-state index contributed by atoms with van der Waals surface area (Å²) in [4.78, 5) is 0. The van der Waals surface area contributed by atoms with Crippen molar-refractivity contribution in [3.63, 3.8) is 0 Å². The minimum Gasteiger partial charge on any atom is -0.317 e. The molecule has 1 fully saturated rings. The van der Waals surface area contributed by atoms with Gasteiger partial charge in [0.2, 0.25) is 0 Å². The van der Waals surface area contributed by atoms with E-state index in [0.29, 0.717) is 5.54 Å². The third kappa shape index (κ3) is 2.09. The number of hydrogen-bond acceptors (Lipinski definition) is 0. The van der Waals surface area contributed by atoms with Crippen LogP contribution in [0, 0.1) is 5.92 Å². The second-order valence-corrected chi connectivity index (χ2v) is 7.81. The number of hydrogen-bond donors (Lipinski definition) is 0. The molecule has 1 aliphatic carbocycles. The van der Waals surface area contributed by atoms with Crippen LogP contribution in [0.2, 0.25) is 0 Å². The molecule has 0 amide bonds. The number of likely N-dealkylation sites (N-methyl/N-ethyl adjacent to an activating group) is 1. The smallest absolute Gasteiger partial charge is 0.118 e. The molecule has 0 N–H and O–H groups in total. The minimum atomic E-state index is 0.507. The number of piperidine rings is 1. The number of rotatable bonds is 3. The summed E-state index contributed by atoms with van der Waals surface area (Å²) in [5, 5.41) is 0. The van der Waals surface area contributed by atoms with Crippen molar-refractivity contribution >= 4 is 0 Å². The molecule has 0 spiro atoms. The number of unbranched alkanes of at least 4 members (excludes halogenated alkanes) is 1. The SMILES string of the molecule is CCCC[C@@H]1CC[C@]2(C)C3=C(CCC3)CC[N@+]2(C)C1. The second-order valence-electron chi connectivity index (χ2n) is 7.81. The van der Waals surface area contributed by atoms with Gasteiger partial charge >= 0.3 is 0 Å². The maximum Gasteiger partial charge on any atom is 0.118 e. The van der Waals surface area contributed by atoms with Gasteiger partial charge in [0.05, 0.1) is 20.1 Å². The quantitative estimate of drug-likeness (QED) is 0.512. The van der Waals surface area contributed by atoms with E-state index in [9.17, 15) is 0 Å². The van der Waals surface area contributed by atoms with Crippen LogP contribution in [0.5, 0.6) is 0 Å². The van der Waals surface area contributed by atoms with E-state index >= 15 is 0 Å². The molecule has 3 rings (SSSR count). The Morgan fingerprint density at radius 2 is 2.11 bits per heavy atom.